The van der Waals surface area contributed by atoms with Gasteiger partial charge >= 0.3 is 6.85 Å². The fourth-order valence-electron chi connectivity index (χ4n) is 8.01. The molecule has 5 heteroatoms. The summed E-state index contributed by atoms with van der Waals surface area (Å²) in [5, 5.41) is 1.13. The van der Waals surface area contributed by atoms with E-state index < -0.39 is 0 Å². The van der Waals surface area contributed by atoms with Gasteiger partial charge in [0, 0.05) is 56.2 Å². The molecule has 8 aromatic rings. The summed E-state index contributed by atoms with van der Waals surface area (Å²) in [7, 11) is 0. The van der Waals surface area contributed by atoms with Crippen LogP contribution in [0.5, 0.6) is 0 Å². The minimum absolute atomic E-state index is 0.133. The van der Waals surface area contributed by atoms with Gasteiger partial charge in [0.1, 0.15) is 5.58 Å². The SMILES string of the molecule is Cc1cc2c3c(c1)N(c1ccccc1)c1oc4ccccc4c1B3N(c1ccccc1)c1cc(N(c3ccccc3)c3ccccc3)ccc1-2. The summed E-state index contributed by atoms with van der Waals surface area (Å²) in [6.45, 7) is 2.07. The van der Waals surface area contributed by atoms with E-state index in [4.69, 9.17) is 4.42 Å². The van der Waals surface area contributed by atoms with Crippen LogP contribution in [0, 0.1) is 6.92 Å². The average Bonchev–Trinajstić information content (AvgIpc) is 3.55. The Morgan fingerprint density at radius 2 is 1.10 bits per heavy atom. The molecule has 0 spiro atoms. The van der Waals surface area contributed by atoms with E-state index in [1.807, 2.05) is 0 Å². The number of rotatable bonds is 5. The zero-order valence-corrected chi connectivity index (χ0v) is 27.6. The van der Waals surface area contributed by atoms with Gasteiger partial charge in [-0.25, -0.2) is 0 Å². The summed E-state index contributed by atoms with van der Waals surface area (Å²) < 4.78 is 6.89. The second-order valence-corrected chi connectivity index (χ2v) is 13.0. The summed E-state index contributed by atoms with van der Waals surface area (Å²) in [6.07, 6.45) is 0. The van der Waals surface area contributed by atoms with Gasteiger partial charge in [0.15, 0.2) is 0 Å². The van der Waals surface area contributed by atoms with Crippen molar-refractivity contribution in [2.75, 3.05) is 14.6 Å². The minimum atomic E-state index is -0.133. The zero-order valence-electron chi connectivity index (χ0n) is 27.6. The van der Waals surface area contributed by atoms with E-state index in [1.54, 1.807) is 0 Å². The highest BCUT2D eigenvalue weighted by molar-refractivity contribution is 6.95. The van der Waals surface area contributed by atoms with Crippen molar-refractivity contribution in [1.82, 2.24) is 0 Å². The van der Waals surface area contributed by atoms with Gasteiger partial charge < -0.3 is 14.1 Å². The summed E-state index contributed by atoms with van der Waals surface area (Å²) in [5.74, 6) is 0.863. The molecule has 7 aromatic carbocycles. The highest BCUT2D eigenvalue weighted by Gasteiger charge is 2.48. The first-order chi connectivity index (χ1) is 24.7. The molecule has 0 bridgehead atoms. The smallest absolute Gasteiger partial charge is 0.337 e. The number of benzene rings is 7. The third kappa shape index (κ3) is 4.33. The van der Waals surface area contributed by atoms with Gasteiger partial charge in [0.2, 0.25) is 5.88 Å². The van der Waals surface area contributed by atoms with Crippen molar-refractivity contribution in [3.63, 3.8) is 0 Å². The van der Waals surface area contributed by atoms with E-state index in [2.05, 4.69) is 197 Å². The molecule has 2 aliphatic heterocycles. The summed E-state index contributed by atoms with van der Waals surface area (Å²) >= 11 is 0. The average molecular weight is 642 g/mol. The number of hydrogen-bond acceptors (Lipinski definition) is 4. The van der Waals surface area contributed by atoms with Crippen molar-refractivity contribution in [2.45, 2.75) is 6.92 Å². The quantitative estimate of drug-likeness (QED) is 0.175. The van der Waals surface area contributed by atoms with Gasteiger partial charge in [0.25, 0.3) is 0 Å². The normalized spacial score (nSPS) is 12.8. The lowest BCUT2D eigenvalue weighted by molar-refractivity contribution is 0.622. The van der Waals surface area contributed by atoms with Crippen LogP contribution in [0.3, 0.4) is 0 Å². The monoisotopic (exact) mass is 641 g/mol. The molecule has 0 amide bonds. The van der Waals surface area contributed by atoms with Crippen LogP contribution in [0.4, 0.5) is 45.7 Å². The number of hydrogen-bond donors (Lipinski definition) is 0. The molecule has 4 nitrogen and oxygen atoms in total. The van der Waals surface area contributed by atoms with E-state index in [9.17, 15) is 0 Å². The number of anilines is 8. The van der Waals surface area contributed by atoms with Gasteiger partial charge in [-0.1, -0.05) is 103 Å². The van der Waals surface area contributed by atoms with Gasteiger partial charge in [-0.15, -0.1) is 0 Å². The minimum Gasteiger partial charge on any atom is -0.440 e. The van der Waals surface area contributed by atoms with Gasteiger partial charge in [-0.3, -0.25) is 4.90 Å². The van der Waals surface area contributed by atoms with E-state index >= 15 is 0 Å². The Morgan fingerprint density at radius 1 is 0.500 bits per heavy atom. The Balaban J connectivity index is 1.30. The van der Waals surface area contributed by atoms with E-state index in [-0.39, 0.29) is 6.85 Å². The maximum atomic E-state index is 6.89. The Labute approximate surface area is 292 Å². The van der Waals surface area contributed by atoms with Crippen LogP contribution >= 0.6 is 0 Å². The number of fused-ring (bicyclic) bond motifs is 6. The summed E-state index contributed by atoms with van der Waals surface area (Å²) in [5.41, 5.74) is 14.8. The summed E-state index contributed by atoms with van der Waals surface area (Å²) in [4.78, 5) is 7.21. The van der Waals surface area contributed by atoms with E-state index in [0.29, 0.717) is 0 Å². The number of nitrogens with zero attached hydrogens (tertiary/aromatic N) is 3. The molecule has 0 radical (unpaired) electrons. The lowest BCUT2D eigenvalue weighted by Crippen LogP contribution is -2.61. The molecular weight excluding hydrogens is 609 g/mol. The molecule has 0 unspecified atom stereocenters. The van der Waals surface area contributed by atoms with Gasteiger partial charge in [-0.2, -0.15) is 0 Å². The highest BCUT2D eigenvalue weighted by Crippen LogP contribution is 2.49. The largest absolute Gasteiger partial charge is 0.440 e. The predicted octanol–water partition coefficient (Wildman–Crippen LogP) is 10.9. The number of para-hydroxylation sites is 5. The van der Waals surface area contributed by atoms with Gasteiger partial charge in [-0.05, 0) is 96.3 Å². The second kappa shape index (κ2) is 11.3. The van der Waals surface area contributed by atoms with Crippen LogP contribution in [0.1, 0.15) is 5.56 Å². The van der Waals surface area contributed by atoms with Crippen molar-refractivity contribution in [2.24, 2.45) is 0 Å². The molecule has 1 aromatic heterocycles. The third-order valence-corrected chi connectivity index (χ3v) is 10.0. The Kier molecular flexibility index (Phi) is 6.46. The molecule has 236 valence electrons. The summed E-state index contributed by atoms with van der Waals surface area (Å²) in [6, 6.07) is 62.8. The van der Waals surface area contributed by atoms with Crippen LogP contribution in [0.15, 0.2) is 180 Å². The maximum Gasteiger partial charge on any atom is 0.337 e. The standard InChI is InChI=1S/C45H32BN3O/c1-31-28-39-37-27-26-36(47(32-16-6-2-7-17-32)33-18-8-3-9-19-33)30-40(37)49(35-22-12-5-13-23-35)46-43(39)41(29-31)48(34-20-10-4-11-21-34)45-44(46)38-24-14-15-25-42(38)50-45/h2-30H,1H3. The van der Waals surface area contributed by atoms with Crippen molar-refractivity contribution in [3.8, 4) is 11.1 Å². The fourth-order valence-corrected chi connectivity index (χ4v) is 8.01. The molecule has 0 atom stereocenters. The third-order valence-electron chi connectivity index (χ3n) is 10.0. The van der Waals surface area contributed by atoms with Crippen molar-refractivity contribution in [1.29, 1.82) is 0 Å². The molecule has 0 N–H and O–H groups in total. The van der Waals surface area contributed by atoms with Crippen molar-refractivity contribution >= 4 is 74.4 Å². The molecule has 0 fully saturated rings. The molecule has 3 heterocycles. The molecular formula is C45H32BN3O. The van der Waals surface area contributed by atoms with Crippen molar-refractivity contribution in [3.05, 3.63) is 181 Å². The molecule has 10 rings (SSSR count). The van der Waals surface area contributed by atoms with Crippen LogP contribution in [-0.4, -0.2) is 6.85 Å². The van der Waals surface area contributed by atoms with Crippen molar-refractivity contribution < 1.29 is 4.42 Å². The molecule has 0 saturated carbocycles. The second-order valence-electron chi connectivity index (χ2n) is 13.0. The number of aryl methyl sites for hydroxylation is 1. The highest BCUT2D eigenvalue weighted by atomic mass is 16.4. The molecule has 0 saturated heterocycles. The first-order valence-electron chi connectivity index (χ1n) is 17.1. The van der Waals surface area contributed by atoms with Gasteiger partial charge in [0.05, 0.1) is 0 Å². The Bertz CT molecular complexity index is 2480. The molecule has 2 aliphatic rings. The van der Waals surface area contributed by atoms with E-state index in [0.717, 1.165) is 56.7 Å². The Hall–Kier alpha value is -6.46. The molecule has 0 aliphatic carbocycles. The maximum absolute atomic E-state index is 6.89. The van der Waals surface area contributed by atoms with Crippen LogP contribution in [0.2, 0.25) is 0 Å². The molecule has 50 heavy (non-hydrogen) atoms. The fraction of sp³-hybridized carbons (Fsp3) is 0.0222. The topological polar surface area (TPSA) is 22.9 Å². The first-order valence-corrected chi connectivity index (χ1v) is 17.1. The van der Waals surface area contributed by atoms with Crippen LogP contribution in [-0.2, 0) is 0 Å². The first kappa shape index (κ1) is 28.5. The number of furan rings is 1. The Morgan fingerprint density at radius 3 is 1.78 bits per heavy atom. The lowest BCUT2D eigenvalue weighted by Gasteiger charge is -2.44. The van der Waals surface area contributed by atoms with Crippen LogP contribution < -0.4 is 25.5 Å². The predicted molar refractivity (Wildman–Crippen MR) is 209 cm³/mol. The lowest BCUT2D eigenvalue weighted by atomic mass is 9.43. The van der Waals surface area contributed by atoms with E-state index in [1.165, 1.54) is 27.6 Å². The zero-order chi connectivity index (χ0) is 33.2. The van der Waals surface area contributed by atoms with Crippen LogP contribution in [0.25, 0.3) is 22.1 Å².